The number of nitrogens with one attached hydrogen (secondary N) is 1. The molecule has 2 rings (SSSR count). The molecule has 1 N–H and O–H groups in total. The topological polar surface area (TPSA) is 28.4 Å². The Morgan fingerprint density at radius 1 is 1.41 bits per heavy atom. The molecular formula is C14H24N2O. The maximum absolute atomic E-state index is 5.65. The van der Waals surface area contributed by atoms with Gasteiger partial charge >= 0.3 is 0 Å². The highest BCUT2D eigenvalue weighted by atomic mass is 16.3. The third kappa shape index (κ3) is 3.86. The Labute approximate surface area is 104 Å². The smallest absolute Gasteiger partial charge is 0.118 e. The zero-order valence-corrected chi connectivity index (χ0v) is 11.0. The normalized spacial score (nSPS) is 23.3. The minimum atomic E-state index is 0.691. The Kier molecular flexibility index (Phi) is 4.63. The van der Waals surface area contributed by atoms with E-state index in [1.807, 2.05) is 6.92 Å². The molecule has 1 aromatic rings. The molecule has 1 atom stereocenters. The fourth-order valence-electron chi connectivity index (χ4n) is 2.46. The van der Waals surface area contributed by atoms with Gasteiger partial charge in [-0.15, -0.1) is 0 Å². The van der Waals surface area contributed by atoms with E-state index in [1.54, 1.807) is 0 Å². The minimum Gasteiger partial charge on any atom is -0.465 e. The van der Waals surface area contributed by atoms with Crippen molar-refractivity contribution in [3.05, 3.63) is 23.7 Å². The molecule has 1 unspecified atom stereocenters. The van der Waals surface area contributed by atoms with Crippen molar-refractivity contribution in [3.8, 4) is 0 Å². The number of nitrogens with zero attached hydrogens (tertiary/aromatic N) is 1. The lowest BCUT2D eigenvalue weighted by molar-refractivity contribution is 0.208. The summed E-state index contributed by atoms with van der Waals surface area (Å²) in [6, 6.07) is 4.84. The summed E-state index contributed by atoms with van der Waals surface area (Å²) in [5.74, 6) is 2.12. The SMILES string of the molecule is CCC1CCN(Cc2ccc(C)o2)CCCN1. The van der Waals surface area contributed by atoms with Gasteiger partial charge in [-0.05, 0) is 51.4 Å². The molecule has 0 bridgehead atoms. The molecule has 0 radical (unpaired) electrons. The van der Waals surface area contributed by atoms with Crippen molar-refractivity contribution >= 4 is 0 Å². The second-order valence-electron chi connectivity index (χ2n) is 4.99. The molecule has 0 aliphatic carbocycles. The highest BCUT2D eigenvalue weighted by Crippen LogP contribution is 2.12. The lowest BCUT2D eigenvalue weighted by Gasteiger charge is -2.28. The predicted molar refractivity (Wildman–Crippen MR) is 70.0 cm³/mol. The molecule has 0 aromatic carbocycles. The predicted octanol–water partition coefficient (Wildman–Crippen LogP) is 2.55. The van der Waals surface area contributed by atoms with Gasteiger partial charge in [0.1, 0.15) is 11.5 Å². The first-order valence-electron chi connectivity index (χ1n) is 6.79. The molecule has 96 valence electrons. The summed E-state index contributed by atoms with van der Waals surface area (Å²) >= 11 is 0. The Hall–Kier alpha value is -0.800. The molecule has 3 nitrogen and oxygen atoms in total. The number of hydrogen-bond donors (Lipinski definition) is 1. The molecule has 0 saturated carbocycles. The molecule has 3 heteroatoms. The zero-order chi connectivity index (χ0) is 12.1. The van der Waals surface area contributed by atoms with E-state index in [-0.39, 0.29) is 0 Å². The fraction of sp³-hybridized carbons (Fsp3) is 0.714. The second-order valence-corrected chi connectivity index (χ2v) is 4.99. The van der Waals surface area contributed by atoms with Crippen LogP contribution in [0.4, 0.5) is 0 Å². The van der Waals surface area contributed by atoms with Gasteiger partial charge in [-0.3, -0.25) is 4.90 Å². The molecule has 1 saturated heterocycles. The summed E-state index contributed by atoms with van der Waals surface area (Å²) in [5, 5.41) is 3.61. The zero-order valence-electron chi connectivity index (χ0n) is 11.0. The van der Waals surface area contributed by atoms with Crippen LogP contribution in [0.5, 0.6) is 0 Å². The lowest BCUT2D eigenvalue weighted by atomic mass is 10.1. The van der Waals surface area contributed by atoms with Crippen LogP contribution in [0.2, 0.25) is 0 Å². The van der Waals surface area contributed by atoms with Gasteiger partial charge in [0.15, 0.2) is 0 Å². The van der Waals surface area contributed by atoms with Crippen molar-refractivity contribution in [3.63, 3.8) is 0 Å². The number of aryl methyl sites for hydroxylation is 1. The van der Waals surface area contributed by atoms with E-state index in [4.69, 9.17) is 4.42 Å². The van der Waals surface area contributed by atoms with E-state index in [0.717, 1.165) is 24.6 Å². The molecule has 1 aromatic heterocycles. The van der Waals surface area contributed by atoms with Gasteiger partial charge in [0, 0.05) is 12.6 Å². The van der Waals surface area contributed by atoms with E-state index >= 15 is 0 Å². The molecule has 2 heterocycles. The molecule has 1 aliphatic heterocycles. The molecule has 0 amide bonds. The van der Waals surface area contributed by atoms with Gasteiger partial charge in [0.05, 0.1) is 6.54 Å². The van der Waals surface area contributed by atoms with E-state index in [0.29, 0.717) is 6.04 Å². The van der Waals surface area contributed by atoms with Crippen molar-refractivity contribution < 1.29 is 4.42 Å². The summed E-state index contributed by atoms with van der Waals surface area (Å²) in [4.78, 5) is 2.52. The van der Waals surface area contributed by atoms with Gasteiger partial charge < -0.3 is 9.73 Å². The third-order valence-corrected chi connectivity index (χ3v) is 3.55. The van der Waals surface area contributed by atoms with Crippen molar-refractivity contribution in [2.75, 3.05) is 19.6 Å². The number of furan rings is 1. The van der Waals surface area contributed by atoms with Gasteiger partial charge in [-0.2, -0.15) is 0 Å². The third-order valence-electron chi connectivity index (χ3n) is 3.55. The first kappa shape index (κ1) is 12.7. The van der Waals surface area contributed by atoms with Gasteiger partial charge in [-0.1, -0.05) is 6.92 Å². The Morgan fingerprint density at radius 3 is 3.00 bits per heavy atom. The summed E-state index contributed by atoms with van der Waals surface area (Å²) in [6.07, 6.45) is 3.71. The number of rotatable bonds is 3. The summed E-state index contributed by atoms with van der Waals surface area (Å²) in [6.45, 7) is 8.72. The van der Waals surface area contributed by atoms with Crippen molar-refractivity contribution in [2.24, 2.45) is 0 Å². The molecule has 1 fully saturated rings. The monoisotopic (exact) mass is 236 g/mol. The van der Waals surface area contributed by atoms with Gasteiger partial charge in [-0.25, -0.2) is 0 Å². The van der Waals surface area contributed by atoms with E-state index in [9.17, 15) is 0 Å². The largest absolute Gasteiger partial charge is 0.465 e. The van der Waals surface area contributed by atoms with Crippen LogP contribution in [0, 0.1) is 6.92 Å². The minimum absolute atomic E-state index is 0.691. The van der Waals surface area contributed by atoms with Crippen LogP contribution in [0.15, 0.2) is 16.5 Å². The first-order valence-corrected chi connectivity index (χ1v) is 6.79. The maximum atomic E-state index is 5.65. The Morgan fingerprint density at radius 2 is 2.29 bits per heavy atom. The van der Waals surface area contributed by atoms with Gasteiger partial charge in [0.25, 0.3) is 0 Å². The van der Waals surface area contributed by atoms with Crippen molar-refractivity contribution in [2.45, 2.75) is 45.7 Å². The maximum Gasteiger partial charge on any atom is 0.118 e. The van der Waals surface area contributed by atoms with Crippen LogP contribution in [0.25, 0.3) is 0 Å². The summed E-state index contributed by atoms with van der Waals surface area (Å²) < 4.78 is 5.65. The summed E-state index contributed by atoms with van der Waals surface area (Å²) in [7, 11) is 0. The average Bonchev–Trinajstić information content (AvgIpc) is 2.69. The van der Waals surface area contributed by atoms with Crippen LogP contribution in [-0.2, 0) is 6.54 Å². The van der Waals surface area contributed by atoms with E-state index in [1.165, 1.54) is 32.4 Å². The van der Waals surface area contributed by atoms with Crippen LogP contribution >= 0.6 is 0 Å². The average molecular weight is 236 g/mol. The molecule has 0 spiro atoms. The fourth-order valence-corrected chi connectivity index (χ4v) is 2.46. The standard InChI is InChI=1S/C14H24N2O/c1-3-13-7-10-16(9-4-8-15-13)11-14-6-5-12(2)17-14/h5-6,13,15H,3-4,7-11H2,1-2H3. The lowest BCUT2D eigenvalue weighted by Crippen LogP contribution is -2.39. The second kappa shape index (κ2) is 6.22. The van der Waals surface area contributed by atoms with E-state index in [2.05, 4.69) is 29.3 Å². The van der Waals surface area contributed by atoms with Crippen molar-refractivity contribution in [1.29, 1.82) is 0 Å². The van der Waals surface area contributed by atoms with Crippen molar-refractivity contribution in [1.82, 2.24) is 10.2 Å². The highest BCUT2D eigenvalue weighted by Gasteiger charge is 2.14. The quantitative estimate of drug-likeness (QED) is 0.874. The highest BCUT2D eigenvalue weighted by molar-refractivity contribution is 5.05. The Balaban J connectivity index is 1.86. The van der Waals surface area contributed by atoms with Crippen LogP contribution in [-0.4, -0.2) is 30.6 Å². The van der Waals surface area contributed by atoms with Crippen LogP contribution in [0.1, 0.15) is 37.7 Å². The summed E-state index contributed by atoms with van der Waals surface area (Å²) in [5.41, 5.74) is 0. The van der Waals surface area contributed by atoms with Gasteiger partial charge in [0.2, 0.25) is 0 Å². The Bertz CT molecular complexity index is 335. The first-order chi connectivity index (χ1) is 8.28. The number of hydrogen-bond acceptors (Lipinski definition) is 3. The van der Waals surface area contributed by atoms with Crippen LogP contribution < -0.4 is 5.32 Å². The van der Waals surface area contributed by atoms with E-state index < -0.39 is 0 Å². The molecule has 1 aliphatic rings. The molecular weight excluding hydrogens is 212 g/mol. The van der Waals surface area contributed by atoms with Crippen LogP contribution in [0.3, 0.4) is 0 Å². The molecule has 17 heavy (non-hydrogen) atoms.